The number of hydrogen-bond donors (Lipinski definition) is 2. The molecule has 19 heavy (non-hydrogen) atoms. The molecule has 2 N–H and O–H groups in total. The minimum Gasteiger partial charge on any atom is -0.508 e. The molecular formula is C16H18O3. The molecule has 100 valence electrons. The van der Waals surface area contributed by atoms with E-state index in [0.717, 1.165) is 0 Å². The van der Waals surface area contributed by atoms with E-state index in [1.807, 2.05) is 0 Å². The number of ether oxygens (including phenoxy) is 1. The number of hydrogen-bond acceptors (Lipinski definition) is 3. The van der Waals surface area contributed by atoms with Gasteiger partial charge < -0.3 is 14.9 Å². The van der Waals surface area contributed by atoms with Crippen LogP contribution in [0.2, 0.25) is 0 Å². The topological polar surface area (TPSA) is 49.7 Å². The summed E-state index contributed by atoms with van der Waals surface area (Å²) < 4.78 is 5.44. The van der Waals surface area contributed by atoms with E-state index in [-0.39, 0.29) is 11.5 Å². The van der Waals surface area contributed by atoms with Crippen molar-refractivity contribution in [1.29, 1.82) is 0 Å². The first-order chi connectivity index (χ1) is 9.07. The van der Waals surface area contributed by atoms with Gasteiger partial charge in [0, 0.05) is 0 Å². The van der Waals surface area contributed by atoms with E-state index < -0.39 is 0 Å². The number of allylic oxidation sites excluding steroid dienone is 8. The molecule has 0 amide bonds. The lowest BCUT2D eigenvalue weighted by Gasteiger charge is -2.05. The van der Waals surface area contributed by atoms with Gasteiger partial charge in [0.15, 0.2) is 0 Å². The molecule has 3 heteroatoms. The first kappa shape index (κ1) is 16.3. The summed E-state index contributed by atoms with van der Waals surface area (Å²) in [6.07, 6.45) is 11.4. The highest BCUT2D eigenvalue weighted by Gasteiger charge is 1.95. The molecule has 0 heterocycles. The first-order valence-electron chi connectivity index (χ1n) is 5.46. The average molecular weight is 258 g/mol. The molecular weight excluding hydrogens is 240 g/mol. The minimum absolute atomic E-state index is 0.0104. The van der Waals surface area contributed by atoms with Crippen LogP contribution in [0.25, 0.3) is 0 Å². The van der Waals surface area contributed by atoms with Gasteiger partial charge in [-0.1, -0.05) is 26.3 Å². The Morgan fingerprint density at radius 2 is 1.00 bits per heavy atom. The Hall–Kier alpha value is -2.68. The number of rotatable bonds is 8. The average Bonchev–Trinajstić information content (AvgIpc) is 2.45. The normalized spacial score (nSPS) is 13.7. The molecule has 0 aromatic carbocycles. The van der Waals surface area contributed by atoms with Crippen molar-refractivity contribution in [1.82, 2.24) is 0 Å². The fourth-order valence-electron chi connectivity index (χ4n) is 0.895. The zero-order chi connectivity index (χ0) is 14.7. The lowest BCUT2D eigenvalue weighted by molar-refractivity contribution is 0.336. The van der Waals surface area contributed by atoms with E-state index in [1.54, 1.807) is 0 Å². The Morgan fingerprint density at radius 3 is 1.26 bits per heavy atom. The van der Waals surface area contributed by atoms with Gasteiger partial charge in [-0.05, 0) is 48.6 Å². The summed E-state index contributed by atoms with van der Waals surface area (Å²) in [5, 5.41) is 18.4. The predicted octanol–water partition coefficient (Wildman–Crippen LogP) is 4.40. The summed E-state index contributed by atoms with van der Waals surface area (Å²) in [4.78, 5) is 0. The highest BCUT2D eigenvalue weighted by atomic mass is 16.5. The van der Waals surface area contributed by atoms with Crippen molar-refractivity contribution in [3.05, 3.63) is 98.0 Å². The Morgan fingerprint density at radius 1 is 0.632 bits per heavy atom. The van der Waals surface area contributed by atoms with E-state index in [1.165, 1.54) is 48.6 Å². The zero-order valence-electron chi connectivity index (χ0n) is 10.7. The molecule has 0 aliphatic carbocycles. The van der Waals surface area contributed by atoms with Crippen LogP contribution in [0, 0.1) is 0 Å². The molecule has 0 spiro atoms. The standard InChI is InChI=1S/C16H18O3/c1-5-13(17)9-11-15(7-3)19-16(8-4)12-10-14(18)6-2/h5-12,17-18H,1-4H2/b13-9+,14-10+,15-11+,16-12+. The van der Waals surface area contributed by atoms with Crippen molar-refractivity contribution >= 4 is 0 Å². The first-order valence-corrected chi connectivity index (χ1v) is 5.46. The highest BCUT2D eigenvalue weighted by Crippen LogP contribution is 2.10. The second-order valence-electron chi connectivity index (χ2n) is 3.24. The van der Waals surface area contributed by atoms with E-state index in [4.69, 9.17) is 4.74 Å². The second-order valence-corrected chi connectivity index (χ2v) is 3.24. The summed E-state index contributed by atoms with van der Waals surface area (Å²) in [5.74, 6) is 0.838. The van der Waals surface area contributed by atoms with Crippen molar-refractivity contribution in [2.45, 2.75) is 0 Å². The highest BCUT2D eigenvalue weighted by molar-refractivity contribution is 5.27. The SMILES string of the molecule is C=C/C(O)=C\C=C(/C=C)O/C(C=C)=C/C=C(/O)C=C. The molecule has 0 aromatic rings. The van der Waals surface area contributed by atoms with E-state index in [2.05, 4.69) is 26.3 Å². The smallest absolute Gasteiger partial charge is 0.126 e. The van der Waals surface area contributed by atoms with Gasteiger partial charge in [0.1, 0.15) is 23.0 Å². The largest absolute Gasteiger partial charge is 0.508 e. The quantitative estimate of drug-likeness (QED) is 0.501. The van der Waals surface area contributed by atoms with Crippen molar-refractivity contribution in [2.75, 3.05) is 0 Å². The monoisotopic (exact) mass is 258 g/mol. The van der Waals surface area contributed by atoms with Crippen LogP contribution in [0.15, 0.2) is 98.0 Å². The maximum Gasteiger partial charge on any atom is 0.126 e. The van der Waals surface area contributed by atoms with E-state index in [0.29, 0.717) is 11.5 Å². The third-order valence-electron chi connectivity index (χ3n) is 1.89. The van der Waals surface area contributed by atoms with Crippen molar-refractivity contribution < 1.29 is 14.9 Å². The fourth-order valence-corrected chi connectivity index (χ4v) is 0.895. The molecule has 0 aromatic heterocycles. The maximum absolute atomic E-state index is 9.22. The van der Waals surface area contributed by atoms with Gasteiger partial charge in [0.25, 0.3) is 0 Å². The van der Waals surface area contributed by atoms with Crippen molar-refractivity contribution in [2.24, 2.45) is 0 Å². The zero-order valence-corrected chi connectivity index (χ0v) is 10.7. The number of aliphatic hydroxyl groups excluding tert-OH is 2. The van der Waals surface area contributed by atoms with Crippen molar-refractivity contribution in [3.8, 4) is 0 Å². The van der Waals surface area contributed by atoms with Crippen LogP contribution in [0.1, 0.15) is 0 Å². The van der Waals surface area contributed by atoms with Gasteiger partial charge in [0.2, 0.25) is 0 Å². The molecule has 0 atom stereocenters. The molecule has 3 nitrogen and oxygen atoms in total. The molecule has 0 rings (SSSR count). The Kier molecular flexibility index (Phi) is 8.04. The third-order valence-corrected chi connectivity index (χ3v) is 1.89. The maximum atomic E-state index is 9.22. The lowest BCUT2D eigenvalue weighted by Crippen LogP contribution is -1.88. The molecule has 0 saturated heterocycles. The van der Waals surface area contributed by atoms with Gasteiger partial charge in [-0.2, -0.15) is 0 Å². The Balaban J connectivity index is 5.03. The Bertz CT molecular complexity index is 430. The lowest BCUT2D eigenvalue weighted by atomic mass is 10.3. The molecule has 0 bridgehead atoms. The van der Waals surface area contributed by atoms with Gasteiger partial charge in [-0.3, -0.25) is 0 Å². The molecule has 0 aliphatic heterocycles. The van der Waals surface area contributed by atoms with Crippen LogP contribution in [0.3, 0.4) is 0 Å². The number of aliphatic hydroxyl groups is 2. The van der Waals surface area contributed by atoms with Crippen LogP contribution in [0.5, 0.6) is 0 Å². The van der Waals surface area contributed by atoms with Gasteiger partial charge in [-0.15, -0.1) is 0 Å². The summed E-state index contributed by atoms with van der Waals surface area (Å²) in [7, 11) is 0. The van der Waals surface area contributed by atoms with Gasteiger partial charge >= 0.3 is 0 Å². The fraction of sp³-hybridized carbons (Fsp3) is 0. The molecule has 0 aliphatic rings. The molecule has 0 unspecified atom stereocenters. The van der Waals surface area contributed by atoms with Crippen molar-refractivity contribution in [3.63, 3.8) is 0 Å². The van der Waals surface area contributed by atoms with Crippen LogP contribution < -0.4 is 0 Å². The van der Waals surface area contributed by atoms with Gasteiger partial charge in [-0.25, -0.2) is 0 Å². The summed E-state index contributed by atoms with van der Waals surface area (Å²) in [6, 6.07) is 0. The molecule has 0 radical (unpaired) electrons. The molecule has 0 fully saturated rings. The predicted molar refractivity (Wildman–Crippen MR) is 79.5 cm³/mol. The van der Waals surface area contributed by atoms with Crippen LogP contribution >= 0.6 is 0 Å². The summed E-state index contributed by atoms with van der Waals surface area (Å²) >= 11 is 0. The summed E-state index contributed by atoms with van der Waals surface area (Å²) in [6.45, 7) is 14.0. The Labute approximate surface area is 113 Å². The van der Waals surface area contributed by atoms with Crippen LogP contribution in [-0.2, 0) is 4.74 Å². The summed E-state index contributed by atoms with van der Waals surface area (Å²) in [5.41, 5.74) is 0. The van der Waals surface area contributed by atoms with E-state index >= 15 is 0 Å². The minimum atomic E-state index is 0.0104. The van der Waals surface area contributed by atoms with Crippen LogP contribution in [0.4, 0.5) is 0 Å². The van der Waals surface area contributed by atoms with E-state index in [9.17, 15) is 10.2 Å². The molecule has 0 saturated carbocycles. The second kappa shape index (κ2) is 9.36. The van der Waals surface area contributed by atoms with Gasteiger partial charge in [0.05, 0.1) is 0 Å². The van der Waals surface area contributed by atoms with Crippen LogP contribution in [-0.4, -0.2) is 10.2 Å². The third kappa shape index (κ3) is 7.28.